The predicted molar refractivity (Wildman–Crippen MR) is 60.6 cm³/mol. The highest BCUT2D eigenvalue weighted by Gasteiger charge is 2.05. The highest BCUT2D eigenvalue weighted by atomic mass is 79.9. The van der Waals surface area contributed by atoms with Crippen molar-refractivity contribution in [3.8, 4) is 5.75 Å². The smallest absolute Gasteiger partial charge is 0.134 e. The number of halogens is 1. The zero-order chi connectivity index (χ0) is 9.97. The SMILES string of the molecule is CCOc1ccc2ncccc2c1Br. The first-order valence-corrected chi connectivity index (χ1v) is 5.28. The normalized spacial score (nSPS) is 10.4. The van der Waals surface area contributed by atoms with Crippen LogP contribution in [0.5, 0.6) is 5.75 Å². The zero-order valence-corrected chi connectivity index (χ0v) is 9.41. The third kappa shape index (κ3) is 1.60. The van der Waals surface area contributed by atoms with Crippen LogP contribution in [0.15, 0.2) is 34.9 Å². The van der Waals surface area contributed by atoms with Crippen LogP contribution in [0, 0.1) is 0 Å². The summed E-state index contributed by atoms with van der Waals surface area (Å²) in [5.41, 5.74) is 0.975. The number of pyridine rings is 1. The molecule has 0 radical (unpaired) electrons. The van der Waals surface area contributed by atoms with Crippen LogP contribution in [0.1, 0.15) is 6.92 Å². The molecule has 0 atom stereocenters. The number of rotatable bonds is 2. The van der Waals surface area contributed by atoms with Gasteiger partial charge in [0.05, 0.1) is 16.6 Å². The van der Waals surface area contributed by atoms with Crippen LogP contribution < -0.4 is 4.74 Å². The summed E-state index contributed by atoms with van der Waals surface area (Å²) in [6.07, 6.45) is 1.79. The van der Waals surface area contributed by atoms with E-state index in [1.165, 1.54) is 0 Å². The summed E-state index contributed by atoms with van der Waals surface area (Å²) >= 11 is 3.52. The molecule has 2 nitrogen and oxygen atoms in total. The van der Waals surface area contributed by atoms with Crippen molar-refractivity contribution in [1.82, 2.24) is 4.98 Å². The van der Waals surface area contributed by atoms with Gasteiger partial charge in [-0.25, -0.2) is 0 Å². The van der Waals surface area contributed by atoms with Gasteiger partial charge in [-0.05, 0) is 41.1 Å². The van der Waals surface area contributed by atoms with Crippen molar-refractivity contribution < 1.29 is 4.74 Å². The molecular formula is C11H10BrNO. The van der Waals surface area contributed by atoms with Gasteiger partial charge in [0, 0.05) is 11.6 Å². The van der Waals surface area contributed by atoms with Crippen molar-refractivity contribution in [2.24, 2.45) is 0 Å². The fraction of sp³-hybridized carbons (Fsp3) is 0.182. The summed E-state index contributed by atoms with van der Waals surface area (Å²) in [6.45, 7) is 2.64. The molecule has 0 aliphatic heterocycles. The van der Waals surface area contributed by atoms with Gasteiger partial charge in [0.15, 0.2) is 0 Å². The van der Waals surface area contributed by atoms with E-state index in [-0.39, 0.29) is 0 Å². The fourth-order valence-corrected chi connectivity index (χ4v) is 1.95. The van der Waals surface area contributed by atoms with Crippen molar-refractivity contribution in [1.29, 1.82) is 0 Å². The van der Waals surface area contributed by atoms with Gasteiger partial charge in [-0.3, -0.25) is 4.98 Å². The summed E-state index contributed by atoms with van der Waals surface area (Å²) in [5.74, 6) is 0.869. The monoisotopic (exact) mass is 251 g/mol. The largest absolute Gasteiger partial charge is 0.493 e. The molecule has 0 saturated carbocycles. The summed E-state index contributed by atoms with van der Waals surface area (Å²) < 4.78 is 6.45. The maximum Gasteiger partial charge on any atom is 0.134 e. The third-order valence-electron chi connectivity index (χ3n) is 1.98. The lowest BCUT2D eigenvalue weighted by molar-refractivity contribution is 0.338. The summed E-state index contributed by atoms with van der Waals surface area (Å²) in [5, 5.41) is 1.08. The van der Waals surface area contributed by atoms with Crippen LogP contribution in [0.3, 0.4) is 0 Å². The molecule has 2 rings (SSSR count). The van der Waals surface area contributed by atoms with Crippen molar-refractivity contribution in [3.63, 3.8) is 0 Å². The van der Waals surface area contributed by atoms with Gasteiger partial charge in [-0.2, -0.15) is 0 Å². The van der Waals surface area contributed by atoms with Gasteiger partial charge in [0.25, 0.3) is 0 Å². The Kier molecular flexibility index (Phi) is 2.68. The van der Waals surface area contributed by atoms with E-state index in [9.17, 15) is 0 Å². The average molecular weight is 252 g/mol. The second-order valence-corrected chi connectivity index (χ2v) is 3.67. The predicted octanol–water partition coefficient (Wildman–Crippen LogP) is 3.40. The minimum Gasteiger partial charge on any atom is -0.493 e. The number of hydrogen-bond donors (Lipinski definition) is 0. The standard InChI is InChI=1S/C11H10BrNO/c1-2-14-10-6-5-9-8(11(10)12)4-3-7-13-9/h3-7H,2H2,1H3. The second-order valence-electron chi connectivity index (χ2n) is 2.88. The van der Waals surface area contributed by atoms with Crippen LogP contribution in [0.2, 0.25) is 0 Å². The molecule has 1 heterocycles. The number of nitrogens with zero attached hydrogens (tertiary/aromatic N) is 1. The van der Waals surface area contributed by atoms with Crippen LogP contribution >= 0.6 is 15.9 Å². The van der Waals surface area contributed by atoms with E-state index >= 15 is 0 Å². The molecule has 0 saturated heterocycles. The molecule has 1 aromatic carbocycles. The molecule has 0 amide bonds. The van der Waals surface area contributed by atoms with E-state index in [4.69, 9.17) is 4.74 Å². The number of hydrogen-bond acceptors (Lipinski definition) is 2. The highest BCUT2D eigenvalue weighted by Crippen LogP contribution is 2.31. The maximum atomic E-state index is 5.47. The second kappa shape index (κ2) is 3.96. The van der Waals surface area contributed by atoms with E-state index in [1.54, 1.807) is 6.20 Å². The Labute approximate surface area is 91.0 Å². The molecule has 0 N–H and O–H groups in total. The summed E-state index contributed by atoms with van der Waals surface area (Å²) in [7, 11) is 0. The first kappa shape index (κ1) is 9.46. The lowest BCUT2D eigenvalue weighted by Gasteiger charge is -2.07. The van der Waals surface area contributed by atoms with E-state index < -0.39 is 0 Å². The van der Waals surface area contributed by atoms with Gasteiger partial charge in [-0.1, -0.05) is 6.07 Å². The molecular weight excluding hydrogens is 242 g/mol. The van der Waals surface area contributed by atoms with E-state index in [0.29, 0.717) is 6.61 Å². The number of aromatic nitrogens is 1. The Morgan fingerprint density at radius 3 is 3.00 bits per heavy atom. The number of ether oxygens (including phenoxy) is 1. The lowest BCUT2D eigenvalue weighted by atomic mass is 10.2. The van der Waals surface area contributed by atoms with E-state index in [2.05, 4.69) is 20.9 Å². The molecule has 1 aromatic heterocycles. The van der Waals surface area contributed by atoms with E-state index in [0.717, 1.165) is 21.1 Å². The Bertz CT molecular complexity index is 456. The molecule has 72 valence electrons. The fourth-order valence-electron chi connectivity index (χ4n) is 1.36. The molecule has 3 heteroatoms. The van der Waals surface area contributed by atoms with Crippen LogP contribution in [-0.2, 0) is 0 Å². The minimum absolute atomic E-state index is 0.671. The van der Waals surface area contributed by atoms with Crippen molar-refractivity contribution in [2.75, 3.05) is 6.61 Å². The summed E-state index contributed by atoms with van der Waals surface area (Å²) in [4.78, 5) is 4.26. The Morgan fingerprint density at radius 2 is 2.21 bits per heavy atom. The lowest BCUT2D eigenvalue weighted by Crippen LogP contribution is -1.92. The molecule has 0 fully saturated rings. The van der Waals surface area contributed by atoms with Crippen LogP contribution in [-0.4, -0.2) is 11.6 Å². The molecule has 0 bridgehead atoms. The van der Waals surface area contributed by atoms with Crippen LogP contribution in [0.25, 0.3) is 10.9 Å². The topological polar surface area (TPSA) is 22.1 Å². The van der Waals surface area contributed by atoms with Crippen molar-refractivity contribution in [3.05, 3.63) is 34.9 Å². The average Bonchev–Trinajstić information content (AvgIpc) is 2.23. The van der Waals surface area contributed by atoms with Crippen molar-refractivity contribution >= 4 is 26.8 Å². The Balaban J connectivity index is 2.63. The van der Waals surface area contributed by atoms with E-state index in [1.807, 2.05) is 31.2 Å². The van der Waals surface area contributed by atoms with Gasteiger partial charge >= 0.3 is 0 Å². The molecule has 14 heavy (non-hydrogen) atoms. The van der Waals surface area contributed by atoms with Gasteiger partial charge < -0.3 is 4.74 Å². The molecule has 0 unspecified atom stereocenters. The minimum atomic E-state index is 0.671. The first-order chi connectivity index (χ1) is 6.83. The molecule has 2 aromatic rings. The van der Waals surface area contributed by atoms with Crippen molar-refractivity contribution in [2.45, 2.75) is 6.92 Å². The Morgan fingerprint density at radius 1 is 1.36 bits per heavy atom. The maximum absolute atomic E-state index is 5.47. The highest BCUT2D eigenvalue weighted by molar-refractivity contribution is 9.10. The summed E-state index contributed by atoms with van der Waals surface area (Å²) in [6, 6.07) is 7.84. The van der Waals surface area contributed by atoms with Crippen LogP contribution in [0.4, 0.5) is 0 Å². The molecule has 0 aliphatic carbocycles. The zero-order valence-electron chi connectivity index (χ0n) is 7.83. The number of fused-ring (bicyclic) bond motifs is 1. The third-order valence-corrected chi connectivity index (χ3v) is 2.80. The van der Waals surface area contributed by atoms with Gasteiger partial charge in [0.1, 0.15) is 5.75 Å². The quantitative estimate of drug-likeness (QED) is 0.817. The van der Waals surface area contributed by atoms with Gasteiger partial charge in [-0.15, -0.1) is 0 Å². The first-order valence-electron chi connectivity index (χ1n) is 4.49. The van der Waals surface area contributed by atoms with Gasteiger partial charge in [0.2, 0.25) is 0 Å². The molecule has 0 aliphatic rings. The molecule has 0 spiro atoms. The number of benzene rings is 1. The Hall–Kier alpha value is -1.09.